The number of carbonyl (C=O) groups is 3. The summed E-state index contributed by atoms with van der Waals surface area (Å²) in [4.78, 5) is 39.6. The van der Waals surface area contributed by atoms with Crippen LogP contribution >= 0.6 is 0 Å². The predicted octanol–water partition coefficient (Wildman–Crippen LogP) is 4.76. The minimum absolute atomic E-state index is 0.0982. The van der Waals surface area contributed by atoms with Crippen LogP contribution in [0.5, 0.6) is 28.7 Å². The Balaban J connectivity index is 1.27. The lowest BCUT2D eigenvalue weighted by Crippen LogP contribution is -2.29. The number of methoxy groups -OCH3 is 2. The van der Waals surface area contributed by atoms with E-state index in [1.807, 2.05) is 29.2 Å². The van der Waals surface area contributed by atoms with Crippen LogP contribution in [0.15, 0.2) is 60.4 Å². The molecule has 6 rings (SSSR count). The van der Waals surface area contributed by atoms with Crippen molar-refractivity contribution >= 4 is 23.7 Å². The molecule has 0 radical (unpaired) electrons. The van der Waals surface area contributed by atoms with Gasteiger partial charge in [-0.2, -0.15) is 0 Å². The monoisotopic (exact) mass is 555 g/mol. The van der Waals surface area contributed by atoms with Gasteiger partial charge in [0.25, 0.3) is 0 Å². The number of fused-ring (bicyclic) bond motifs is 3. The van der Waals surface area contributed by atoms with Crippen LogP contribution in [-0.2, 0) is 9.59 Å². The molecule has 0 aliphatic carbocycles. The Morgan fingerprint density at radius 3 is 2.54 bits per heavy atom. The van der Waals surface area contributed by atoms with Crippen molar-refractivity contribution in [3.05, 3.63) is 82.6 Å². The number of hydrogen-bond acceptors (Lipinski definition) is 8. The third kappa shape index (κ3) is 4.99. The van der Waals surface area contributed by atoms with E-state index in [-0.39, 0.29) is 35.8 Å². The molecule has 3 aliphatic heterocycles. The van der Waals surface area contributed by atoms with Gasteiger partial charge in [-0.3, -0.25) is 14.4 Å². The summed E-state index contributed by atoms with van der Waals surface area (Å²) in [6.07, 6.45) is 3.22. The van der Waals surface area contributed by atoms with Crippen LogP contribution in [0.3, 0.4) is 0 Å². The van der Waals surface area contributed by atoms with Gasteiger partial charge in [0, 0.05) is 30.0 Å². The fraction of sp³-hybridized carbons (Fsp3) is 0.281. The van der Waals surface area contributed by atoms with E-state index in [0.717, 1.165) is 18.5 Å². The summed E-state index contributed by atoms with van der Waals surface area (Å²) in [6, 6.07) is 16.1. The van der Waals surface area contributed by atoms with Crippen LogP contribution < -0.4 is 23.7 Å². The Kier molecular flexibility index (Phi) is 7.09. The van der Waals surface area contributed by atoms with E-state index >= 15 is 0 Å². The van der Waals surface area contributed by atoms with E-state index in [0.29, 0.717) is 65.0 Å². The standard InChI is InChI=1S/C32H29NO8/c1-37-25-6-3-5-20(31(25)38-2)17-26-30(36)22-12-13-24-29(32(22)41-26)23(18-28(35)40-24)19-8-10-21(11-9-19)39-16-15-33-14-4-7-27(33)34/h3,5-6,8-13,17,23H,4,7,14-16,18H2,1-2H3/b26-17-/t23-/m0/s1. The lowest BCUT2D eigenvalue weighted by atomic mass is 9.84. The number of carbonyl (C=O) groups excluding carboxylic acids is 3. The number of benzene rings is 3. The van der Waals surface area contributed by atoms with Crippen LogP contribution in [-0.4, -0.2) is 56.5 Å². The molecule has 0 N–H and O–H groups in total. The highest BCUT2D eigenvalue weighted by atomic mass is 16.5. The quantitative estimate of drug-likeness (QED) is 0.223. The Labute approximate surface area is 237 Å². The fourth-order valence-corrected chi connectivity index (χ4v) is 5.57. The molecule has 1 saturated heterocycles. The maximum atomic E-state index is 13.4. The van der Waals surface area contributed by atoms with Gasteiger partial charge in [-0.1, -0.05) is 24.3 Å². The Morgan fingerprint density at radius 1 is 0.976 bits per heavy atom. The molecule has 9 heteroatoms. The average Bonchev–Trinajstić information content (AvgIpc) is 3.54. The first-order chi connectivity index (χ1) is 20.0. The topological polar surface area (TPSA) is 101 Å². The van der Waals surface area contributed by atoms with Gasteiger partial charge in [-0.15, -0.1) is 0 Å². The summed E-state index contributed by atoms with van der Waals surface area (Å²) >= 11 is 0. The maximum Gasteiger partial charge on any atom is 0.312 e. The summed E-state index contributed by atoms with van der Waals surface area (Å²) in [6.45, 7) is 1.73. The number of Topliss-reactive ketones (excluding diaryl/α,β-unsaturated/α-hetero) is 1. The number of rotatable bonds is 8. The molecule has 3 heterocycles. The van der Waals surface area contributed by atoms with Crippen LogP contribution in [0.25, 0.3) is 6.08 Å². The van der Waals surface area contributed by atoms with E-state index < -0.39 is 0 Å². The zero-order chi connectivity index (χ0) is 28.5. The molecule has 41 heavy (non-hydrogen) atoms. The second kappa shape index (κ2) is 11.0. The van der Waals surface area contributed by atoms with Crippen LogP contribution in [0.4, 0.5) is 0 Å². The number of esters is 1. The molecule has 1 atom stereocenters. The summed E-state index contributed by atoms with van der Waals surface area (Å²) < 4.78 is 28.5. The van der Waals surface area contributed by atoms with Crippen molar-refractivity contribution in [3.8, 4) is 28.7 Å². The lowest BCUT2D eigenvalue weighted by molar-refractivity contribution is -0.135. The van der Waals surface area contributed by atoms with E-state index in [1.165, 1.54) is 7.11 Å². The number of allylic oxidation sites excluding steroid dienone is 1. The van der Waals surface area contributed by atoms with Gasteiger partial charge in [-0.25, -0.2) is 0 Å². The van der Waals surface area contributed by atoms with Crippen molar-refractivity contribution in [3.63, 3.8) is 0 Å². The number of ketones is 1. The second-order valence-corrected chi connectivity index (χ2v) is 10.0. The van der Waals surface area contributed by atoms with Crippen LogP contribution in [0, 0.1) is 0 Å². The smallest absolute Gasteiger partial charge is 0.312 e. The second-order valence-electron chi connectivity index (χ2n) is 10.0. The number of amides is 1. The van der Waals surface area contributed by atoms with Gasteiger partial charge in [0.05, 0.1) is 32.7 Å². The molecule has 0 saturated carbocycles. The number of likely N-dealkylation sites (tertiary alicyclic amines) is 1. The number of ether oxygens (including phenoxy) is 5. The van der Waals surface area contributed by atoms with Crippen molar-refractivity contribution in [2.45, 2.75) is 25.2 Å². The lowest BCUT2D eigenvalue weighted by Gasteiger charge is -2.26. The number of hydrogen-bond donors (Lipinski definition) is 0. The number of para-hydroxylation sites is 1. The van der Waals surface area contributed by atoms with Crippen LogP contribution in [0.1, 0.15) is 52.2 Å². The highest BCUT2D eigenvalue weighted by Gasteiger charge is 2.38. The Bertz CT molecular complexity index is 1560. The van der Waals surface area contributed by atoms with E-state index in [1.54, 1.807) is 43.5 Å². The molecule has 210 valence electrons. The van der Waals surface area contributed by atoms with Gasteiger partial charge < -0.3 is 28.6 Å². The molecule has 0 unspecified atom stereocenters. The first-order valence-electron chi connectivity index (χ1n) is 13.5. The summed E-state index contributed by atoms with van der Waals surface area (Å²) in [5.41, 5.74) is 2.54. The van der Waals surface area contributed by atoms with Gasteiger partial charge >= 0.3 is 5.97 Å². The molecule has 1 amide bonds. The van der Waals surface area contributed by atoms with E-state index in [9.17, 15) is 14.4 Å². The maximum absolute atomic E-state index is 13.4. The molecular formula is C32H29NO8. The molecule has 0 spiro atoms. The van der Waals surface area contributed by atoms with Gasteiger partial charge in [0.2, 0.25) is 11.7 Å². The first kappa shape index (κ1) is 26.4. The molecule has 1 fully saturated rings. The fourth-order valence-electron chi connectivity index (χ4n) is 5.57. The Hall–Kier alpha value is -4.79. The average molecular weight is 556 g/mol. The summed E-state index contributed by atoms with van der Waals surface area (Å²) in [5, 5.41) is 0. The normalized spacial score (nSPS) is 18.6. The predicted molar refractivity (Wildman–Crippen MR) is 149 cm³/mol. The largest absolute Gasteiger partial charge is 0.493 e. The van der Waals surface area contributed by atoms with Gasteiger partial charge in [0.15, 0.2) is 17.3 Å². The molecule has 3 aliphatic rings. The van der Waals surface area contributed by atoms with Crippen LogP contribution in [0.2, 0.25) is 0 Å². The van der Waals surface area contributed by atoms with Crippen molar-refractivity contribution in [1.82, 2.24) is 4.90 Å². The minimum atomic E-state index is -0.379. The molecule has 3 aromatic rings. The first-order valence-corrected chi connectivity index (χ1v) is 13.5. The van der Waals surface area contributed by atoms with Gasteiger partial charge in [0.1, 0.15) is 23.9 Å². The molecular weight excluding hydrogens is 526 g/mol. The zero-order valence-corrected chi connectivity index (χ0v) is 22.8. The summed E-state index contributed by atoms with van der Waals surface area (Å²) in [7, 11) is 3.08. The molecule has 9 nitrogen and oxygen atoms in total. The minimum Gasteiger partial charge on any atom is -0.493 e. The third-order valence-corrected chi connectivity index (χ3v) is 7.58. The third-order valence-electron chi connectivity index (χ3n) is 7.58. The zero-order valence-electron chi connectivity index (χ0n) is 22.8. The van der Waals surface area contributed by atoms with Crippen molar-refractivity contribution in [2.75, 3.05) is 33.9 Å². The van der Waals surface area contributed by atoms with Crippen molar-refractivity contribution in [1.29, 1.82) is 0 Å². The van der Waals surface area contributed by atoms with Crippen molar-refractivity contribution in [2.24, 2.45) is 0 Å². The van der Waals surface area contributed by atoms with E-state index in [4.69, 9.17) is 23.7 Å². The highest BCUT2D eigenvalue weighted by molar-refractivity contribution is 6.15. The van der Waals surface area contributed by atoms with Gasteiger partial charge in [-0.05, 0) is 48.4 Å². The molecule has 3 aromatic carbocycles. The highest BCUT2D eigenvalue weighted by Crippen LogP contribution is 2.49. The summed E-state index contributed by atoms with van der Waals surface area (Å²) in [5.74, 6) is 1.72. The molecule has 0 bridgehead atoms. The Morgan fingerprint density at radius 2 is 1.80 bits per heavy atom. The number of nitrogens with zero attached hydrogens (tertiary/aromatic N) is 1. The van der Waals surface area contributed by atoms with Crippen molar-refractivity contribution < 1.29 is 38.1 Å². The van der Waals surface area contributed by atoms with E-state index in [2.05, 4.69) is 0 Å². The SMILES string of the molecule is COc1cccc(/C=C2\Oc3c(ccc4c3[C@H](c3ccc(OCCN5CCCC5=O)cc3)CC(=O)O4)C2=O)c1OC. The molecule has 0 aromatic heterocycles.